The van der Waals surface area contributed by atoms with Gasteiger partial charge in [-0.3, -0.25) is 14.2 Å². The second kappa shape index (κ2) is 7.43. The van der Waals surface area contributed by atoms with Crippen LogP contribution in [0, 0.1) is 6.92 Å². The van der Waals surface area contributed by atoms with Crippen LogP contribution in [0.4, 0.5) is 0 Å². The molecular weight excluding hydrogens is 374 g/mol. The Balaban J connectivity index is 1.75. The van der Waals surface area contributed by atoms with Crippen molar-refractivity contribution in [1.29, 1.82) is 0 Å². The number of carbonyl (C=O) groups is 1. The van der Waals surface area contributed by atoms with Crippen molar-refractivity contribution in [3.8, 4) is 0 Å². The minimum atomic E-state index is -0.0906. The van der Waals surface area contributed by atoms with E-state index < -0.39 is 0 Å². The third kappa shape index (κ3) is 3.44. The van der Waals surface area contributed by atoms with E-state index in [0.717, 1.165) is 25.0 Å². The van der Waals surface area contributed by atoms with E-state index in [1.165, 1.54) is 11.1 Å². The van der Waals surface area contributed by atoms with Crippen molar-refractivity contribution in [3.63, 3.8) is 0 Å². The molecule has 0 N–H and O–H groups in total. The van der Waals surface area contributed by atoms with Crippen molar-refractivity contribution in [2.75, 3.05) is 0 Å². The van der Waals surface area contributed by atoms with E-state index in [1.54, 1.807) is 15.6 Å². The molecule has 0 unspecified atom stereocenters. The van der Waals surface area contributed by atoms with Crippen LogP contribution < -0.4 is 0 Å². The topological polar surface area (TPSA) is 56.0 Å². The zero-order valence-electron chi connectivity index (χ0n) is 16.4. The molecule has 0 saturated carbocycles. The molecule has 1 aromatic carbocycles. The highest BCUT2D eigenvalue weighted by Crippen LogP contribution is 2.36. The molecule has 28 heavy (non-hydrogen) atoms. The summed E-state index contributed by atoms with van der Waals surface area (Å²) in [5.41, 5.74) is 4.62. The summed E-state index contributed by atoms with van der Waals surface area (Å²) in [5, 5.41) is 9.45. The number of amides is 1. The predicted octanol–water partition coefficient (Wildman–Crippen LogP) is 3.84. The van der Waals surface area contributed by atoms with Crippen molar-refractivity contribution < 1.29 is 4.79 Å². The number of nitrogens with zero attached hydrogens (tertiary/aromatic N) is 5. The fraction of sp³-hybridized carbons (Fsp3) is 0.381. The molecule has 0 saturated heterocycles. The van der Waals surface area contributed by atoms with Crippen molar-refractivity contribution in [1.82, 2.24) is 24.5 Å². The molecule has 1 atom stereocenters. The summed E-state index contributed by atoms with van der Waals surface area (Å²) in [7, 11) is 3.68. The highest BCUT2D eigenvalue weighted by molar-refractivity contribution is 6.31. The highest BCUT2D eigenvalue weighted by Gasteiger charge is 2.32. The normalized spacial score (nSPS) is 16.1. The lowest BCUT2D eigenvalue weighted by Gasteiger charge is -2.35. The summed E-state index contributed by atoms with van der Waals surface area (Å²) >= 11 is 6.37. The van der Waals surface area contributed by atoms with Gasteiger partial charge >= 0.3 is 0 Å². The molecule has 4 rings (SSSR count). The van der Waals surface area contributed by atoms with E-state index in [1.807, 2.05) is 38.1 Å². The fourth-order valence-electron chi connectivity index (χ4n) is 3.96. The monoisotopic (exact) mass is 397 g/mol. The SMILES string of the molecule is Cc1cc(C(=O)N(Cc2nn(C)cc2Cl)[C@H]2CCCc3ccccc32)nn1C. The third-order valence-electron chi connectivity index (χ3n) is 5.48. The van der Waals surface area contributed by atoms with Gasteiger partial charge in [-0.15, -0.1) is 0 Å². The summed E-state index contributed by atoms with van der Waals surface area (Å²) in [6.45, 7) is 2.30. The molecule has 2 heterocycles. The van der Waals surface area contributed by atoms with Crippen LogP contribution in [0.25, 0.3) is 0 Å². The molecule has 0 radical (unpaired) electrons. The standard InChI is InChI=1S/C21H24ClN5O/c1-14-11-18(24-26(14)3)21(28)27(13-19-17(22)12-25(2)23-19)20-10-6-8-15-7-4-5-9-16(15)20/h4-5,7,9,11-12,20H,6,8,10,13H2,1-3H3/t20-/m0/s1. The lowest BCUT2D eigenvalue weighted by atomic mass is 9.86. The van der Waals surface area contributed by atoms with Gasteiger partial charge in [-0.25, -0.2) is 0 Å². The number of aromatic nitrogens is 4. The van der Waals surface area contributed by atoms with Gasteiger partial charge in [0.15, 0.2) is 5.69 Å². The van der Waals surface area contributed by atoms with Crippen LogP contribution >= 0.6 is 11.6 Å². The van der Waals surface area contributed by atoms with E-state index in [4.69, 9.17) is 11.6 Å². The van der Waals surface area contributed by atoms with E-state index >= 15 is 0 Å². The van der Waals surface area contributed by atoms with Gasteiger partial charge in [0.2, 0.25) is 0 Å². The van der Waals surface area contributed by atoms with Crippen LogP contribution in [0.5, 0.6) is 0 Å². The zero-order chi connectivity index (χ0) is 19.8. The number of hydrogen-bond acceptors (Lipinski definition) is 3. The van der Waals surface area contributed by atoms with Crippen molar-refractivity contribution >= 4 is 17.5 Å². The van der Waals surface area contributed by atoms with E-state index in [0.29, 0.717) is 23.0 Å². The Bertz CT molecular complexity index is 1000. The first-order valence-electron chi connectivity index (χ1n) is 9.51. The van der Waals surface area contributed by atoms with E-state index in [-0.39, 0.29) is 11.9 Å². The highest BCUT2D eigenvalue weighted by atomic mass is 35.5. The van der Waals surface area contributed by atoms with Crippen LogP contribution in [0.3, 0.4) is 0 Å². The maximum absolute atomic E-state index is 13.5. The van der Waals surface area contributed by atoms with Crippen LogP contribution in [0.1, 0.15) is 51.9 Å². The average molecular weight is 398 g/mol. The minimum absolute atomic E-state index is 0.0159. The van der Waals surface area contributed by atoms with Gasteiger partial charge < -0.3 is 4.90 Å². The summed E-state index contributed by atoms with van der Waals surface area (Å²) < 4.78 is 3.41. The van der Waals surface area contributed by atoms with Gasteiger partial charge in [0, 0.05) is 26.0 Å². The lowest BCUT2D eigenvalue weighted by molar-refractivity contribution is 0.0628. The second-order valence-corrected chi connectivity index (χ2v) is 7.84. The maximum atomic E-state index is 13.5. The number of benzene rings is 1. The van der Waals surface area contributed by atoms with E-state index in [9.17, 15) is 4.79 Å². The number of carbonyl (C=O) groups excluding carboxylic acids is 1. The van der Waals surface area contributed by atoms with Crippen molar-refractivity contribution in [2.45, 2.75) is 38.8 Å². The summed E-state index contributed by atoms with van der Waals surface area (Å²) in [5.74, 6) is -0.0906. The van der Waals surface area contributed by atoms with Gasteiger partial charge in [0.1, 0.15) is 5.69 Å². The third-order valence-corrected chi connectivity index (χ3v) is 5.80. The quantitative estimate of drug-likeness (QED) is 0.672. The molecule has 7 heteroatoms. The van der Waals surface area contributed by atoms with Crippen LogP contribution in [-0.2, 0) is 27.1 Å². The molecule has 0 aliphatic heterocycles. The predicted molar refractivity (Wildman–Crippen MR) is 108 cm³/mol. The van der Waals surface area contributed by atoms with E-state index in [2.05, 4.69) is 28.4 Å². The minimum Gasteiger partial charge on any atom is -0.324 e. The molecule has 0 fully saturated rings. The molecule has 1 aliphatic rings. The molecule has 146 valence electrons. The lowest BCUT2D eigenvalue weighted by Crippen LogP contribution is -2.36. The van der Waals surface area contributed by atoms with Gasteiger partial charge in [-0.1, -0.05) is 35.9 Å². The van der Waals surface area contributed by atoms with Gasteiger partial charge in [-0.2, -0.15) is 10.2 Å². The van der Waals surface area contributed by atoms with Crippen LogP contribution in [0.2, 0.25) is 5.02 Å². The molecule has 6 nitrogen and oxygen atoms in total. The van der Waals surface area contributed by atoms with Crippen LogP contribution in [0.15, 0.2) is 36.5 Å². The van der Waals surface area contributed by atoms with Gasteiger partial charge in [-0.05, 0) is 43.4 Å². The number of rotatable bonds is 4. The number of fused-ring (bicyclic) bond motifs is 1. The number of halogens is 1. The zero-order valence-corrected chi connectivity index (χ0v) is 17.1. The Morgan fingerprint density at radius 3 is 2.75 bits per heavy atom. The molecule has 3 aromatic rings. The second-order valence-electron chi connectivity index (χ2n) is 7.43. The molecule has 1 amide bonds. The Hall–Kier alpha value is -2.60. The smallest absolute Gasteiger partial charge is 0.275 e. The van der Waals surface area contributed by atoms with Crippen molar-refractivity contribution in [3.05, 3.63) is 69.8 Å². The molecule has 0 bridgehead atoms. The fourth-order valence-corrected chi connectivity index (χ4v) is 4.20. The Morgan fingerprint density at radius 1 is 1.29 bits per heavy atom. The van der Waals surface area contributed by atoms with Crippen molar-refractivity contribution in [2.24, 2.45) is 14.1 Å². The largest absolute Gasteiger partial charge is 0.324 e. The van der Waals surface area contributed by atoms with Crippen LogP contribution in [-0.4, -0.2) is 30.4 Å². The summed E-state index contributed by atoms with van der Waals surface area (Å²) in [4.78, 5) is 15.4. The Kier molecular flexibility index (Phi) is 4.98. The molecule has 0 spiro atoms. The first kappa shape index (κ1) is 18.7. The average Bonchev–Trinajstić information content (AvgIpc) is 3.19. The molecule has 2 aromatic heterocycles. The van der Waals surface area contributed by atoms with Gasteiger partial charge in [0.05, 0.1) is 17.6 Å². The first-order chi connectivity index (χ1) is 13.4. The maximum Gasteiger partial charge on any atom is 0.275 e. The van der Waals surface area contributed by atoms with Gasteiger partial charge in [0.25, 0.3) is 5.91 Å². The Morgan fingerprint density at radius 2 is 2.07 bits per heavy atom. The molecular formula is C21H24ClN5O. The summed E-state index contributed by atoms with van der Waals surface area (Å²) in [6, 6.07) is 10.2. The number of hydrogen-bond donors (Lipinski definition) is 0. The number of aryl methyl sites for hydroxylation is 4. The Labute approximate surface area is 169 Å². The first-order valence-corrected chi connectivity index (χ1v) is 9.89. The molecule has 1 aliphatic carbocycles. The summed E-state index contributed by atoms with van der Waals surface area (Å²) in [6.07, 6.45) is 4.77.